The summed E-state index contributed by atoms with van der Waals surface area (Å²) in [5, 5.41) is 0. The molecule has 20 heavy (non-hydrogen) atoms. The molecule has 0 N–H and O–H groups in total. The van der Waals surface area contributed by atoms with Crippen molar-refractivity contribution in [3.05, 3.63) is 108 Å². The van der Waals surface area contributed by atoms with Crippen molar-refractivity contribution in [2.45, 2.75) is 4.31 Å². The van der Waals surface area contributed by atoms with Crippen LogP contribution in [0.5, 0.6) is 0 Å². The zero-order valence-corrected chi connectivity index (χ0v) is 13.0. The first kappa shape index (κ1) is 13.2. The van der Waals surface area contributed by atoms with Crippen LogP contribution in [0.25, 0.3) is 0 Å². The average Bonchev–Trinajstić information content (AvgIpc) is 2.56. The van der Waals surface area contributed by atoms with Crippen LogP contribution in [0.1, 0.15) is 16.7 Å². The van der Waals surface area contributed by atoms with Crippen LogP contribution in [0.2, 0.25) is 0 Å². The quantitative estimate of drug-likeness (QED) is 0.507. The van der Waals surface area contributed by atoms with Crippen molar-refractivity contribution in [2.75, 3.05) is 0 Å². The SMILES string of the molecule is [SeH]C(c1ccccc1)(c1ccccc1)c1ccccc1. The van der Waals surface area contributed by atoms with E-state index in [1.165, 1.54) is 16.7 Å². The van der Waals surface area contributed by atoms with Gasteiger partial charge in [-0.05, 0) is 0 Å². The fourth-order valence-corrected chi connectivity index (χ4v) is 3.48. The van der Waals surface area contributed by atoms with Crippen LogP contribution in [0.4, 0.5) is 0 Å². The standard InChI is InChI=1S/C19H16Se/c20-19(16-10-4-1-5-11-16,17-12-6-2-7-13-17)18-14-8-3-9-15-18/h1-15,20H. The summed E-state index contributed by atoms with van der Waals surface area (Å²) < 4.78 is -0.184. The second-order valence-corrected chi connectivity index (χ2v) is 6.22. The number of benzene rings is 3. The molecule has 0 spiro atoms. The Labute approximate surface area is 128 Å². The van der Waals surface area contributed by atoms with Crippen LogP contribution in [0.15, 0.2) is 91.0 Å². The Balaban J connectivity index is 2.24. The van der Waals surface area contributed by atoms with Gasteiger partial charge in [0.05, 0.1) is 0 Å². The van der Waals surface area contributed by atoms with E-state index in [2.05, 4.69) is 107 Å². The van der Waals surface area contributed by atoms with Crippen LogP contribution in [0, 0.1) is 0 Å². The Hall–Kier alpha value is -1.82. The molecule has 3 aromatic carbocycles. The average molecular weight is 323 g/mol. The molecule has 3 rings (SSSR count). The molecule has 0 saturated heterocycles. The zero-order valence-electron chi connectivity index (χ0n) is 11.1. The van der Waals surface area contributed by atoms with E-state index in [9.17, 15) is 0 Å². The minimum absolute atomic E-state index is 0.184. The third-order valence-electron chi connectivity index (χ3n) is 3.57. The third-order valence-corrected chi connectivity index (χ3v) is 5.20. The summed E-state index contributed by atoms with van der Waals surface area (Å²) in [5.74, 6) is 0. The molecule has 0 fully saturated rings. The minimum atomic E-state index is -0.184. The predicted molar refractivity (Wildman–Crippen MR) is 86.4 cm³/mol. The molecule has 0 saturated carbocycles. The molecule has 0 aliphatic heterocycles. The summed E-state index contributed by atoms with van der Waals surface area (Å²) >= 11 is 2.87. The van der Waals surface area contributed by atoms with E-state index < -0.39 is 0 Å². The summed E-state index contributed by atoms with van der Waals surface area (Å²) in [6, 6.07) is 31.9. The number of hydrogen-bond acceptors (Lipinski definition) is 0. The van der Waals surface area contributed by atoms with Gasteiger partial charge >= 0.3 is 128 Å². The molecule has 0 bridgehead atoms. The molecule has 0 unspecified atom stereocenters. The van der Waals surface area contributed by atoms with Crippen molar-refractivity contribution >= 4 is 16.0 Å². The normalized spacial score (nSPS) is 11.2. The van der Waals surface area contributed by atoms with Crippen molar-refractivity contribution in [3.63, 3.8) is 0 Å². The molecule has 0 nitrogen and oxygen atoms in total. The molecule has 0 radical (unpaired) electrons. The van der Waals surface area contributed by atoms with Gasteiger partial charge < -0.3 is 0 Å². The topological polar surface area (TPSA) is 0 Å². The van der Waals surface area contributed by atoms with Gasteiger partial charge in [-0.3, -0.25) is 0 Å². The van der Waals surface area contributed by atoms with Crippen molar-refractivity contribution in [1.29, 1.82) is 0 Å². The molecule has 3 aromatic rings. The molecule has 98 valence electrons. The van der Waals surface area contributed by atoms with E-state index in [0.717, 1.165) is 0 Å². The molecular weight excluding hydrogens is 307 g/mol. The summed E-state index contributed by atoms with van der Waals surface area (Å²) in [6.07, 6.45) is 0. The van der Waals surface area contributed by atoms with Crippen LogP contribution in [-0.4, -0.2) is 16.0 Å². The van der Waals surface area contributed by atoms with Crippen LogP contribution in [-0.2, 0) is 4.31 Å². The van der Waals surface area contributed by atoms with Gasteiger partial charge in [0.2, 0.25) is 0 Å². The van der Waals surface area contributed by atoms with E-state index in [1.807, 2.05) is 0 Å². The van der Waals surface area contributed by atoms with Gasteiger partial charge in [0, 0.05) is 0 Å². The molecule has 0 amide bonds. The molecule has 0 heterocycles. The van der Waals surface area contributed by atoms with E-state index in [1.54, 1.807) is 0 Å². The Kier molecular flexibility index (Phi) is 3.73. The molecular formula is C19H16Se. The van der Waals surface area contributed by atoms with Crippen molar-refractivity contribution in [3.8, 4) is 0 Å². The van der Waals surface area contributed by atoms with Gasteiger partial charge in [-0.2, -0.15) is 0 Å². The fourth-order valence-electron chi connectivity index (χ4n) is 2.54. The second-order valence-electron chi connectivity index (χ2n) is 4.81. The fraction of sp³-hybridized carbons (Fsp3) is 0.0526. The summed E-state index contributed by atoms with van der Waals surface area (Å²) in [7, 11) is 0. The van der Waals surface area contributed by atoms with Gasteiger partial charge in [0.25, 0.3) is 0 Å². The number of rotatable bonds is 3. The third kappa shape index (κ3) is 2.31. The summed E-state index contributed by atoms with van der Waals surface area (Å²) in [6.45, 7) is 0. The Bertz CT molecular complexity index is 563. The van der Waals surface area contributed by atoms with Gasteiger partial charge in [-0.1, -0.05) is 0 Å². The predicted octanol–water partition coefficient (Wildman–Crippen LogP) is 3.88. The van der Waals surface area contributed by atoms with E-state index >= 15 is 0 Å². The second kappa shape index (κ2) is 5.66. The van der Waals surface area contributed by atoms with Gasteiger partial charge in [0.1, 0.15) is 0 Å². The van der Waals surface area contributed by atoms with Gasteiger partial charge in [0.15, 0.2) is 0 Å². The van der Waals surface area contributed by atoms with Crippen molar-refractivity contribution in [2.24, 2.45) is 0 Å². The van der Waals surface area contributed by atoms with Crippen LogP contribution in [0.3, 0.4) is 0 Å². The van der Waals surface area contributed by atoms with Crippen molar-refractivity contribution < 1.29 is 0 Å². The molecule has 0 aliphatic carbocycles. The molecule has 0 aromatic heterocycles. The molecule has 1 heteroatoms. The zero-order chi connectivity index (χ0) is 13.8. The Morgan fingerprint density at radius 1 is 0.450 bits per heavy atom. The molecule has 0 atom stereocenters. The monoisotopic (exact) mass is 324 g/mol. The maximum atomic E-state index is 2.87. The van der Waals surface area contributed by atoms with Gasteiger partial charge in [-0.25, -0.2) is 0 Å². The maximum absolute atomic E-state index is 2.87. The molecule has 0 aliphatic rings. The number of hydrogen-bond donors (Lipinski definition) is 0. The summed E-state index contributed by atoms with van der Waals surface area (Å²) in [4.78, 5) is 0. The first-order chi connectivity index (χ1) is 9.82. The van der Waals surface area contributed by atoms with Gasteiger partial charge in [-0.15, -0.1) is 0 Å². The summed E-state index contributed by atoms with van der Waals surface area (Å²) in [5.41, 5.74) is 3.87. The van der Waals surface area contributed by atoms with E-state index in [-0.39, 0.29) is 4.31 Å². The Morgan fingerprint density at radius 3 is 0.950 bits per heavy atom. The first-order valence-corrected chi connectivity index (χ1v) is 7.64. The van der Waals surface area contributed by atoms with Crippen LogP contribution >= 0.6 is 0 Å². The van der Waals surface area contributed by atoms with E-state index in [0.29, 0.717) is 0 Å². The van der Waals surface area contributed by atoms with Crippen molar-refractivity contribution in [1.82, 2.24) is 0 Å². The van der Waals surface area contributed by atoms with Crippen LogP contribution < -0.4 is 0 Å². The Morgan fingerprint density at radius 2 is 0.700 bits per heavy atom. The first-order valence-electron chi connectivity index (χ1n) is 6.71. The van der Waals surface area contributed by atoms with E-state index in [4.69, 9.17) is 0 Å².